The highest BCUT2D eigenvalue weighted by atomic mass is 31.2. The van der Waals surface area contributed by atoms with Gasteiger partial charge in [-0.3, -0.25) is 32.7 Å². The number of nitriles is 1. The van der Waals surface area contributed by atoms with Gasteiger partial charge in [-0.2, -0.15) is 5.26 Å². The van der Waals surface area contributed by atoms with E-state index >= 15 is 0 Å². The number of ether oxygens (including phenoxy) is 3. The van der Waals surface area contributed by atoms with Gasteiger partial charge < -0.3 is 19.3 Å². The summed E-state index contributed by atoms with van der Waals surface area (Å²) in [5.74, 6) is 0.0519. The average molecular weight is 630 g/mol. The highest BCUT2D eigenvalue weighted by Gasteiger charge is 2.45. The van der Waals surface area contributed by atoms with Crippen molar-refractivity contribution in [3.63, 3.8) is 0 Å². The number of hydrogen-bond acceptors (Lipinski definition) is 12. The second kappa shape index (κ2) is 14.6. The van der Waals surface area contributed by atoms with E-state index in [1.165, 1.54) is 39.5 Å². The van der Waals surface area contributed by atoms with Crippen molar-refractivity contribution in [2.75, 3.05) is 27.4 Å². The Morgan fingerprint density at radius 3 is 2.48 bits per heavy atom. The molecule has 0 amide bonds. The van der Waals surface area contributed by atoms with E-state index in [1.807, 2.05) is 6.07 Å². The minimum atomic E-state index is -4.73. The van der Waals surface area contributed by atoms with Crippen LogP contribution in [0, 0.1) is 18.3 Å². The van der Waals surface area contributed by atoms with Crippen molar-refractivity contribution < 1.29 is 42.2 Å². The number of carbonyl (C=O) groups excluding carboxylic acids is 1. The predicted molar refractivity (Wildman–Crippen MR) is 154 cm³/mol. The number of phosphoric acid groups is 1. The molecule has 1 unspecified atom stereocenters. The van der Waals surface area contributed by atoms with E-state index in [0.29, 0.717) is 11.5 Å². The van der Waals surface area contributed by atoms with Crippen molar-refractivity contribution in [3.8, 4) is 17.6 Å². The van der Waals surface area contributed by atoms with Crippen molar-refractivity contribution in [2.24, 2.45) is 0 Å². The van der Waals surface area contributed by atoms with Gasteiger partial charge in [0.15, 0.2) is 11.9 Å². The molecule has 0 radical (unpaired) electrons. The Labute approximate surface area is 252 Å². The van der Waals surface area contributed by atoms with Gasteiger partial charge in [0.2, 0.25) is 0 Å². The maximum absolute atomic E-state index is 14.3. The molecule has 2 aromatic carbocycles. The zero-order valence-electron chi connectivity index (χ0n) is 24.2. The Morgan fingerprint density at radius 2 is 1.86 bits per heavy atom. The first-order chi connectivity index (χ1) is 21.1. The standard InChI is InChI=1S/C29H32N3O11P/c1-18-16-32(29(36)31-28(18)35)25-15-23(24(17-33)41-25)42-44(37,40-11-7-10-30)43-27(26(34)19-8-5-4-6-9-19)20-12-21(38-2)14-22(13-20)39-3/h4-6,8-9,12-14,16,23-25,27,33H,7,11,15,17H2,1-3H3,(H,31,35,36)/t23-,24+,25+,27+,44?/m0/s1. The summed E-state index contributed by atoms with van der Waals surface area (Å²) in [7, 11) is -1.88. The minimum Gasteiger partial charge on any atom is -0.497 e. The summed E-state index contributed by atoms with van der Waals surface area (Å²) in [4.78, 5) is 40.3. The summed E-state index contributed by atoms with van der Waals surface area (Å²) >= 11 is 0. The average Bonchev–Trinajstić information content (AvgIpc) is 3.43. The third kappa shape index (κ3) is 7.70. The smallest absolute Gasteiger partial charge is 0.476 e. The third-order valence-corrected chi connectivity index (χ3v) is 8.25. The van der Waals surface area contributed by atoms with Crippen molar-refractivity contribution in [2.45, 2.75) is 44.3 Å². The molecule has 234 valence electrons. The molecule has 5 atom stereocenters. The third-order valence-electron chi connectivity index (χ3n) is 6.75. The first kappa shape index (κ1) is 32.8. The first-order valence-corrected chi connectivity index (χ1v) is 15.0. The van der Waals surface area contributed by atoms with Gasteiger partial charge in [-0.25, -0.2) is 9.36 Å². The minimum absolute atomic E-state index is 0.115. The fourth-order valence-electron chi connectivity index (χ4n) is 4.52. The number of carbonyl (C=O) groups is 1. The Hall–Kier alpha value is -4.09. The second-order valence-corrected chi connectivity index (χ2v) is 11.3. The molecule has 44 heavy (non-hydrogen) atoms. The molecule has 15 heteroatoms. The predicted octanol–water partition coefficient (Wildman–Crippen LogP) is 3.21. The van der Waals surface area contributed by atoms with Gasteiger partial charge in [0.05, 0.1) is 39.9 Å². The molecular formula is C29H32N3O11P. The van der Waals surface area contributed by atoms with Gasteiger partial charge in [-0.05, 0) is 24.6 Å². The van der Waals surface area contributed by atoms with Crippen molar-refractivity contribution >= 4 is 13.6 Å². The number of H-pyrrole nitrogens is 1. The molecule has 4 rings (SSSR count). The van der Waals surface area contributed by atoms with Crippen LogP contribution in [0.3, 0.4) is 0 Å². The van der Waals surface area contributed by atoms with E-state index < -0.39 is 56.0 Å². The number of aromatic amines is 1. The molecule has 1 fully saturated rings. The van der Waals surface area contributed by atoms with E-state index in [4.69, 9.17) is 33.0 Å². The number of aliphatic hydroxyl groups excluding tert-OH is 1. The molecule has 0 saturated carbocycles. The Balaban J connectivity index is 1.72. The summed E-state index contributed by atoms with van der Waals surface area (Å²) in [5.41, 5.74) is -0.649. The number of benzene rings is 2. The zero-order valence-corrected chi connectivity index (χ0v) is 25.1. The van der Waals surface area contributed by atoms with E-state index in [1.54, 1.807) is 36.4 Å². The van der Waals surface area contributed by atoms with Crippen LogP contribution >= 0.6 is 7.82 Å². The van der Waals surface area contributed by atoms with Gasteiger partial charge in [0.1, 0.15) is 29.9 Å². The van der Waals surface area contributed by atoms with E-state index in [0.717, 1.165) is 4.57 Å². The fraction of sp³-hybridized carbons (Fsp3) is 0.379. The number of aromatic nitrogens is 2. The lowest BCUT2D eigenvalue weighted by molar-refractivity contribution is -0.0489. The van der Waals surface area contributed by atoms with Crippen LogP contribution in [0.15, 0.2) is 64.3 Å². The normalized spacial score (nSPS) is 19.9. The summed E-state index contributed by atoms with van der Waals surface area (Å²) in [5, 5.41) is 19.1. The number of nitrogens with one attached hydrogen (secondary N) is 1. The lowest BCUT2D eigenvalue weighted by atomic mass is 9.99. The molecule has 1 aromatic heterocycles. The van der Waals surface area contributed by atoms with Crippen LogP contribution in [-0.2, 0) is 22.9 Å². The molecule has 0 spiro atoms. The number of methoxy groups -OCH3 is 2. The van der Waals surface area contributed by atoms with E-state index in [9.17, 15) is 24.1 Å². The number of rotatable bonds is 14. The number of phosphoric ester groups is 1. The molecule has 1 saturated heterocycles. The molecule has 1 aliphatic rings. The summed E-state index contributed by atoms with van der Waals surface area (Å²) in [6, 6.07) is 14.6. The van der Waals surface area contributed by atoms with Crippen LogP contribution in [0.5, 0.6) is 11.5 Å². The van der Waals surface area contributed by atoms with Gasteiger partial charge >= 0.3 is 13.5 Å². The van der Waals surface area contributed by atoms with Crippen LogP contribution in [-0.4, -0.2) is 60.1 Å². The molecule has 0 aliphatic carbocycles. The summed E-state index contributed by atoms with van der Waals surface area (Å²) in [6.45, 7) is 0.528. The van der Waals surface area contributed by atoms with E-state index in [-0.39, 0.29) is 36.1 Å². The van der Waals surface area contributed by atoms with Crippen LogP contribution < -0.4 is 20.7 Å². The van der Waals surface area contributed by atoms with Crippen molar-refractivity contribution in [1.82, 2.24) is 9.55 Å². The maximum atomic E-state index is 14.3. The maximum Gasteiger partial charge on any atom is 0.476 e. The first-order valence-electron chi connectivity index (χ1n) is 13.5. The summed E-state index contributed by atoms with van der Waals surface area (Å²) in [6.07, 6.45) is -3.84. The van der Waals surface area contributed by atoms with Crippen LogP contribution in [0.2, 0.25) is 0 Å². The molecule has 14 nitrogen and oxygen atoms in total. The Morgan fingerprint density at radius 1 is 1.18 bits per heavy atom. The molecule has 0 bridgehead atoms. The zero-order chi connectivity index (χ0) is 31.9. The van der Waals surface area contributed by atoms with Crippen LogP contribution in [0.1, 0.15) is 46.7 Å². The highest BCUT2D eigenvalue weighted by molar-refractivity contribution is 7.48. The molecule has 3 aromatic rings. The van der Waals surface area contributed by atoms with Gasteiger partial charge in [0, 0.05) is 29.8 Å². The topological polar surface area (TPSA) is 188 Å². The van der Waals surface area contributed by atoms with Crippen LogP contribution in [0.4, 0.5) is 0 Å². The van der Waals surface area contributed by atoms with E-state index in [2.05, 4.69) is 4.98 Å². The van der Waals surface area contributed by atoms with Gasteiger partial charge in [0.25, 0.3) is 5.56 Å². The Kier molecular flexibility index (Phi) is 10.9. The number of aliphatic hydroxyl groups is 1. The summed E-state index contributed by atoms with van der Waals surface area (Å²) < 4.78 is 49.2. The number of Topliss-reactive ketones (excluding diaryl/α,β-unsaturated/α-hetero) is 1. The largest absolute Gasteiger partial charge is 0.497 e. The number of aryl methyl sites for hydroxylation is 1. The van der Waals surface area contributed by atoms with Crippen molar-refractivity contribution in [3.05, 3.63) is 92.3 Å². The van der Waals surface area contributed by atoms with Crippen molar-refractivity contribution in [1.29, 1.82) is 5.26 Å². The number of nitrogens with zero attached hydrogens (tertiary/aromatic N) is 2. The monoisotopic (exact) mass is 629 g/mol. The lowest BCUT2D eigenvalue weighted by Crippen LogP contribution is -2.33. The highest BCUT2D eigenvalue weighted by Crippen LogP contribution is 2.56. The number of hydrogen-bond donors (Lipinski definition) is 2. The second-order valence-electron chi connectivity index (χ2n) is 9.72. The molecular weight excluding hydrogens is 597 g/mol. The molecule has 2 heterocycles. The van der Waals surface area contributed by atoms with Gasteiger partial charge in [-0.1, -0.05) is 30.3 Å². The van der Waals surface area contributed by atoms with Crippen LogP contribution in [0.25, 0.3) is 0 Å². The van der Waals surface area contributed by atoms with Gasteiger partial charge in [-0.15, -0.1) is 0 Å². The fourth-order valence-corrected chi connectivity index (χ4v) is 6.04. The Bertz CT molecular complexity index is 1650. The number of ketones is 1. The lowest BCUT2D eigenvalue weighted by Gasteiger charge is -2.27. The SMILES string of the molecule is COc1cc(OC)cc([C@@H](OP(=O)(OCCC#N)O[C@H]2C[C@H](n3cc(C)c(=O)[nH]c3=O)O[C@@H]2CO)C(=O)c2ccccc2)c1. The molecule has 2 N–H and O–H groups in total. The quantitative estimate of drug-likeness (QED) is 0.151. The molecule has 1 aliphatic heterocycles.